The molecule has 0 amide bonds. The normalized spacial score (nSPS) is 17.4. The van der Waals surface area contributed by atoms with Gasteiger partial charge in [-0.25, -0.2) is 14.3 Å². The number of hydrogen-bond acceptors (Lipinski definition) is 8. The monoisotopic (exact) mass is 384 g/mol. The molecule has 2 aromatic rings. The van der Waals surface area contributed by atoms with E-state index >= 15 is 0 Å². The van der Waals surface area contributed by atoms with Crippen LogP contribution >= 0.6 is 0 Å². The van der Waals surface area contributed by atoms with E-state index in [-0.39, 0.29) is 0 Å². The third-order valence-electron chi connectivity index (χ3n) is 4.88. The first-order chi connectivity index (χ1) is 13.7. The Labute approximate surface area is 163 Å². The highest BCUT2D eigenvalue weighted by molar-refractivity contribution is 6.02. The first-order valence-corrected chi connectivity index (χ1v) is 9.51. The van der Waals surface area contributed by atoms with Crippen LogP contribution in [0.4, 0.5) is 0 Å². The quantitative estimate of drug-likeness (QED) is 0.717. The SMILES string of the molecule is CCOC(=O)c1cnn2c3c(cnc12)C(C)=NN(CCN1CCOCC1)C=C3. The summed E-state index contributed by atoms with van der Waals surface area (Å²) in [5.41, 5.74) is 3.42. The van der Waals surface area contributed by atoms with Crippen molar-refractivity contribution in [1.29, 1.82) is 0 Å². The summed E-state index contributed by atoms with van der Waals surface area (Å²) in [4.78, 5) is 18.9. The molecule has 4 heterocycles. The van der Waals surface area contributed by atoms with Crippen LogP contribution in [0.5, 0.6) is 0 Å². The average molecular weight is 384 g/mol. The lowest BCUT2D eigenvalue weighted by Crippen LogP contribution is -2.39. The molecular weight excluding hydrogens is 360 g/mol. The van der Waals surface area contributed by atoms with Crippen LogP contribution in [0.25, 0.3) is 11.7 Å². The molecule has 0 saturated carbocycles. The van der Waals surface area contributed by atoms with Crippen molar-refractivity contribution >= 4 is 23.4 Å². The number of carbonyl (C=O) groups excluding carboxylic acids is 1. The van der Waals surface area contributed by atoms with Gasteiger partial charge < -0.3 is 9.47 Å². The molecule has 1 saturated heterocycles. The van der Waals surface area contributed by atoms with Gasteiger partial charge in [-0.3, -0.25) is 9.91 Å². The van der Waals surface area contributed by atoms with Crippen LogP contribution < -0.4 is 0 Å². The van der Waals surface area contributed by atoms with E-state index in [0.717, 1.165) is 56.4 Å². The fraction of sp³-hybridized carbons (Fsp3) is 0.474. The van der Waals surface area contributed by atoms with E-state index in [4.69, 9.17) is 14.6 Å². The third-order valence-corrected chi connectivity index (χ3v) is 4.88. The van der Waals surface area contributed by atoms with Gasteiger partial charge in [0.2, 0.25) is 0 Å². The molecule has 2 aromatic heterocycles. The van der Waals surface area contributed by atoms with Crippen LogP contribution in [0.1, 0.15) is 35.5 Å². The molecule has 0 bridgehead atoms. The maximum absolute atomic E-state index is 12.1. The molecular formula is C19H24N6O3. The predicted octanol–water partition coefficient (Wildman–Crippen LogP) is 1.25. The fourth-order valence-corrected chi connectivity index (χ4v) is 3.37. The second-order valence-electron chi connectivity index (χ2n) is 6.69. The number of nitrogens with zero attached hydrogens (tertiary/aromatic N) is 6. The number of esters is 1. The highest BCUT2D eigenvalue weighted by Crippen LogP contribution is 2.20. The predicted molar refractivity (Wildman–Crippen MR) is 104 cm³/mol. The van der Waals surface area contributed by atoms with Crippen molar-refractivity contribution in [2.75, 3.05) is 46.0 Å². The summed E-state index contributed by atoms with van der Waals surface area (Å²) in [5.74, 6) is -0.417. The Morgan fingerprint density at radius 3 is 2.86 bits per heavy atom. The molecule has 9 heteroatoms. The molecule has 1 fully saturated rings. The topological polar surface area (TPSA) is 84.6 Å². The van der Waals surface area contributed by atoms with E-state index in [9.17, 15) is 4.79 Å². The number of morpholine rings is 1. The first kappa shape index (κ1) is 18.6. The molecule has 0 N–H and O–H groups in total. The van der Waals surface area contributed by atoms with Gasteiger partial charge in [-0.2, -0.15) is 10.2 Å². The minimum Gasteiger partial charge on any atom is -0.462 e. The number of ether oxygens (including phenoxy) is 2. The molecule has 0 radical (unpaired) electrons. The maximum atomic E-state index is 12.1. The van der Waals surface area contributed by atoms with Crippen molar-refractivity contribution < 1.29 is 14.3 Å². The van der Waals surface area contributed by atoms with E-state index in [1.54, 1.807) is 17.6 Å². The number of hydrogen-bond donors (Lipinski definition) is 0. The smallest absolute Gasteiger partial charge is 0.343 e. The number of aromatic nitrogens is 3. The highest BCUT2D eigenvalue weighted by Gasteiger charge is 2.20. The van der Waals surface area contributed by atoms with E-state index in [1.165, 1.54) is 6.20 Å². The van der Waals surface area contributed by atoms with Crippen LogP contribution in [-0.4, -0.2) is 82.2 Å². The summed E-state index contributed by atoms with van der Waals surface area (Å²) in [6.45, 7) is 9.22. The van der Waals surface area contributed by atoms with Crippen molar-refractivity contribution in [3.8, 4) is 0 Å². The molecule has 0 spiro atoms. The summed E-state index contributed by atoms with van der Waals surface area (Å²) in [7, 11) is 0. The molecule has 0 unspecified atom stereocenters. The Bertz CT molecular complexity index is 929. The summed E-state index contributed by atoms with van der Waals surface area (Å²) in [6.07, 6.45) is 7.15. The van der Waals surface area contributed by atoms with E-state index in [2.05, 4.69) is 15.0 Å². The van der Waals surface area contributed by atoms with Gasteiger partial charge in [0, 0.05) is 37.6 Å². The van der Waals surface area contributed by atoms with Crippen molar-refractivity contribution in [2.45, 2.75) is 13.8 Å². The van der Waals surface area contributed by atoms with Gasteiger partial charge in [0.15, 0.2) is 5.65 Å². The molecule has 0 atom stereocenters. The van der Waals surface area contributed by atoms with Gasteiger partial charge >= 0.3 is 5.97 Å². The zero-order valence-corrected chi connectivity index (χ0v) is 16.2. The molecule has 4 rings (SSSR count). The van der Waals surface area contributed by atoms with Crippen LogP contribution in [-0.2, 0) is 9.47 Å². The number of fused-ring (bicyclic) bond motifs is 3. The highest BCUT2D eigenvalue weighted by atomic mass is 16.5. The first-order valence-electron chi connectivity index (χ1n) is 9.51. The molecule has 148 valence electrons. The lowest BCUT2D eigenvalue weighted by atomic mass is 10.1. The number of carbonyl (C=O) groups is 1. The van der Waals surface area contributed by atoms with E-state index in [0.29, 0.717) is 17.8 Å². The Balaban J connectivity index is 1.59. The largest absolute Gasteiger partial charge is 0.462 e. The second-order valence-corrected chi connectivity index (χ2v) is 6.69. The Kier molecular flexibility index (Phi) is 5.36. The molecule has 0 aromatic carbocycles. The lowest BCUT2D eigenvalue weighted by Gasteiger charge is -2.28. The van der Waals surface area contributed by atoms with Crippen LogP contribution in [0.2, 0.25) is 0 Å². The van der Waals surface area contributed by atoms with Crippen molar-refractivity contribution in [3.05, 3.63) is 35.4 Å². The van der Waals surface area contributed by atoms with Crippen LogP contribution in [0.15, 0.2) is 23.7 Å². The summed E-state index contributed by atoms with van der Waals surface area (Å²) >= 11 is 0. The second kappa shape index (κ2) is 8.07. The number of rotatable bonds is 5. The standard InChI is InChI=1S/C19H24N6O3/c1-3-28-19(26)16-13-21-25-17-4-5-24(7-6-23-8-10-27-11-9-23)22-14(2)15(17)12-20-18(16)25/h4-5,12-13H,3,6-11H2,1-2H3. The molecule has 2 aliphatic heterocycles. The number of hydrazone groups is 1. The lowest BCUT2D eigenvalue weighted by molar-refractivity contribution is 0.0354. The van der Waals surface area contributed by atoms with Gasteiger partial charge in [0.05, 0.1) is 44.0 Å². The summed E-state index contributed by atoms with van der Waals surface area (Å²) < 4.78 is 12.2. The van der Waals surface area contributed by atoms with E-state index in [1.807, 2.05) is 24.2 Å². The van der Waals surface area contributed by atoms with Gasteiger partial charge in [0.1, 0.15) is 5.56 Å². The van der Waals surface area contributed by atoms with E-state index < -0.39 is 5.97 Å². The van der Waals surface area contributed by atoms with Crippen LogP contribution in [0.3, 0.4) is 0 Å². The zero-order valence-electron chi connectivity index (χ0n) is 16.2. The van der Waals surface area contributed by atoms with Crippen molar-refractivity contribution in [1.82, 2.24) is 24.5 Å². The Morgan fingerprint density at radius 2 is 2.07 bits per heavy atom. The Morgan fingerprint density at radius 1 is 1.25 bits per heavy atom. The minimum absolute atomic E-state index is 0.310. The molecule has 0 aliphatic carbocycles. The maximum Gasteiger partial charge on any atom is 0.343 e. The minimum atomic E-state index is -0.417. The van der Waals surface area contributed by atoms with Gasteiger partial charge in [0.25, 0.3) is 0 Å². The molecule has 9 nitrogen and oxygen atoms in total. The third kappa shape index (κ3) is 3.63. The fourth-order valence-electron chi connectivity index (χ4n) is 3.37. The summed E-state index contributed by atoms with van der Waals surface area (Å²) in [5, 5.41) is 11.0. The van der Waals surface area contributed by atoms with Crippen molar-refractivity contribution in [3.63, 3.8) is 0 Å². The summed E-state index contributed by atoms with van der Waals surface area (Å²) in [6, 6.07) is 0. The van der Waals surface area contributed by atoms with Gasteiger partial charge in [-0.1, -0.05) is 0 Å². The average Bonchev–Trinajstić information content (AvgIpc) is 3.08. The van der Waals surface area contributed by atoms with Crippen molar-refractivity contribution in [2.24, 2.45) is 5.10 Å². The van der Waals surface area contributed by atoms with Crippen LogP contribution in [0, 0.1) is 0 Å². The Hall–Kier alpha value is -2.78. The van der Waals surface area contributed by atoms with Gasteiger partial charge in [-0.05, 0) is 19.9 Å². The van der Waals surface area contributed by atoms with Gasteiger partial charge in [-0.15, -0.1) is 0 Å². The molecule has 2 aliphatic rings. The molecule has 28 heavy (non-hydrogen) atoms. The zero-order chi connectivity index (χ0) is 19.5.